The molecular weight excluding hydrogens is 837 g/mol. The lowest BCUT2D eigenvalue weighted by Crippen LogP contribution is -2.63. The van der Waals surface area contributed by atoms with Crippen LogP contribution in [0.15, 0.2) is 191 Å². The number of fused-ring (bicyclic) bond motifs is 15. The third kappa shape index (κ3) is 5.31. The van der Waals surface area contributed by atoms with E-state index >= 15 is 0 Å². The Morgan fingerprint density at radius 1 is 0.379 bits per heavy atom. The van der Waals surface area contributed by atoms with Crippen molar-refractivity contribution in [3.05, 3.63) is 193 Å². The second-order valence-corrected chi connectivity index (χ2v) is 27.9. The fraction of sp³-hybridized carbons (Fsp3) is 0.100. The van der Waals surface area contributed by atoms with E-state index in [0.29, 0.717) is 0 Å². The van der Waals surface area contributed by atoms with Crippen molar-refractivity contribution in [2.24, 2.45) is 0 Å². The molecule has 0 saturated heterocycles. The molecule has 66 heavy (non-hydrogen) atoms. The first-order valence-corrected chi connectivity index (χ1v) is 29.1. The zero-order valence-corrected chi connectivity index (χ0v) is 40.0. The van der Waals surface area contributed by atoms with E-state index in [1.807, 2.05) is 0 Å². The second-order valence-electron chi connectivity index (χ2n) is 19.3. The van der Waals surface area contributed by atoms with Crippen molar-refractivity contribution in [3.8, 4) is 22.3 Å². The Kier molecular flexibility index (Phi) is 8.31. The van der Waals surface area contributed by atoms with E-state index < -0.39 is 16.1 Å². The Morgan fingerprint density at radius 2 is 0.742 bits per heavy atom. The molecule has 0 atom stereocenters. The zero-order chi connectivity index (χ0) is 44.6. The minimum absolute atomic E-state index is 0.912. The summed E-state index contributed by atoms with van der Waals surface area (Å²) in [5, 5.41) is 10.8. The monoisotopic (exact) mass is 884 g/mol. The van der Waals surface area contributed by atoms with E-state index in [2.05, 4.69) is 232 Å². The number of benzene rings is 9. The van der Waals surface area contributed by atoms with E-state index in [0.717, 1.165) is 67.2 Å². The molecule has 2 aliphatic rings. The van der Waals surface area contributed by atoms with Gasteiger partial charge in [-0.2, -0.15) is 0 Å². The van der Waals surface area contributed by atoms with Gasteiger partial charge in [-0.3, -0.25) is 0 Å². The van der Waals surface area contributed by atoms with Crippen molar-refractivity contribution in [2.75, 3.05) is 9.80 Å². The Morgan fingerprint density at radius 3 is 1.15 bits per heavy atom. The van der Waals surface area contributed by atoms with Gasteiger partial charge in [0.25, 0.3) is 0 Å². The van der Waals surface area contributed by atoms with Gasteiger partial charge in [0.05, 0.1) is 11.4 Å². The minimum Gasteiger partial charge on any atom is -0.454 e. The molecule has 11 aromatic rings. The van der Waals surface area contributed by atoms with Crippen LogP contribution < -0.4 is 30.5 Å². The summed E-state index contributed by atoms with van der Waals surface area (Å²) < 4.78 is 14.2. The summed E-state index contributed by atoms with van der Waals surface area (Å²) in [6.45, 7) is 14.8. The van der Waals surface area contributed by atoms with Gasteiger partial charge in [0.2, 0.25) is 0 Å². The predicted molar refractivity (Wildman–Crippen MR) is 284 cm³/mol. The lowest BCUT2D eigenvalue weighted by atomic mass is 9.94. The largest absolute Gasteiger partial charge is 0.454 e. The second kappa shape index (κ2) is 14.1. The smallest absolute Gasteiger partial charge is 0.160 e. The van der Waals surface area contributed by atoms with Gasteiger partial charge in [0.15, 0.2) is 11.2 Å². The lowest BCUT2D eigenvalue weighted by molar-refractivity contribution is 0.669. The quantitative estimate of drug-likeness (QED) is 0.156. The van der Waals surface area contributed by atoms with Gasteiger partial charge < -0.3 is 18.6 Å². The molecule has 0 bridgehead atoms. The van der Waals surface area contributed by atoms with Crippen LogP contribution in [0.25, 0.3) is 66.1 Å². The van der Waals surface area contributed by atoms with Gasteiger partial charge in [-0.15, -0.1) is 0 Å². The number of hydrogen-bond donors (Lipinski definition) is 0. The summed E-state index contributed by atoms with van der Waals surface area (Å²) in [6, 6.07) is 66.4. The fourth-order valence-corrected chi connectivity index (χ4v) is 20.3. The number of furan rings is 2. The highest BCUT2D eigenvalue weighted by atomic mass is 28.3. The van der Waals surface area contributed by atoms with E-state index in [-0.39, 0.29) is 0 Å². The molecule has 9 aromatic carbocycles. The van der Waals surface area contributed by atoms with Crippen LogP contribution in [0.4, 0.5) is 34.1 Å². The van der Waals surface area contributed by atoms with Crippen molar-refractivity contribution in [1.82, 2.24) is 0 Å². The number of anilines is 6. The number of hydrogen-bond acceptors (Lipinski definition) is 4. The van der Waals surface area contributed by atoms with Gasteiger partial charge >= 0.3 is 0 Å². The third-order valence-corrected chi connectivity index (χ3v) is 22.1. The van der Waals surface area contributed by atoms with Crippen molar-refractivity contribution in [3.63, 3.8) is 0 Å². The van der Waals surface area contributed by atoms with E-state index in [9.17, 15) is 0 Å². The van der Waals surface area contributed by atoms with Crippen molar-refractivity contribution >= 4 is 115 Å². The number of rotatable bonds is 6. The molecule has 0 N–H and O–H groups in total. The van der Waals surface area contributed by atoms with Crippen LogP contribution in [-0.4, -0.2) is 16.1 Å². The van der Waals surface area contributed by atoms with Gasteiger partial charge in [-0.25, -0.2) is 0 Å². The molecular formula is C60H48N2O2Si2. The van der Waals surface area contributed by atoms with E-state index in [1.165, 1.54) is 54.5 Å². The van der Waals surface area contributed by atoms with Gasteiger partial charge in [0.1, 0.15) is 27.3 Å². The zero-order valence-electron chi connectivity index (χ0n) is 38.0. The highest BCUT2D eigenvalue weighted by molar-refractivity contribution is 7.13. The maximum atomic E-state index is 7.10. The summed E-state index contributed by atoms with van der Waals surface area (Å²) >= 11 is 0. The summed E-state index contributed by atoms with van der Waals surface area (Å²) in [5.41, 5.74) is 18.2. The number of nitrogens with zero attached hydrogens (tertiary/aromatic N) is 2. The first kappa shape index (κ1) is 39.0. The van der Waals surface area contributed by atoms with E-state index in [4.69, 9.17) is 8.83 Å². The molecule has 0 unspecified atom stereocenters. The normalized spacial score (nSPS) is 14.2. The van der Waals surface area contributed by atoms with Gasteiger partial charge in [-0.05, 0) is 129 Å². The van der Waals surface area contributed by atoms with Crippen molar-refractivity contribution < 1.29 is 8.83 Å². The van der Waals surface area contributed by atoms with Crippen LogP contribution in [0, 0.1) is 13.8 Å². The number of para-hydroxylation sites is 6. The lowest BCUT2D eigenvalue weighted by Gasteiger charge is -2.31. The Labute approximate surface area is 387 Å². The van der Waals surface area contributed by atoms with Crippen LogP contribution in [-0.2, 0) is 0 Å². The molecule has 0 saturated carbocycles. The topological polar surface area (TPSA) is 32.8 Å². The van der Waals surface area contributed by atoms with Gasteiger partial charge in [0, 0.05) is 44.3 Å². The highest BCUT2D eigenvalue weighted by Crippen LogP contribution is 2.51. The SMILES string of the molecule is Cc1ccccc1N(c1ccccc1)c1cc2c(c3c1oc1ccccc13)-c1ccc3c(c1[Si]2(C)C)[Si](C)(C)c1cc(N(c2ccccc2)c2ccccc2C)c2oc4ccccc4c2c1-3. The number of aryl methyl sites for hydroxylation is 2. The van der Waals surface area contributed by atoms with Crippen LogP contribution in [0.2, 0.25) is 26.2 Å². The van der Waals surface area contributed by atoms with Crippen LogP contribution in [0.3, 0.4) is 0 Å². The van der Waals surface area contributed by atoms with Gasteiger partial charge in [-0.1, -0.05) is 148 Å². The molecule has 0 aliphatic carbocycles. The molecule has 0 spiro atoms. The molecule has 13 rings (SSSR count). The van der Waals surface area contributed by atoms with Crippen LogP contribution in [0.5, 0.6) is 0 Å². The Hall–Kier alpha value is -7.39. The molecule has 0 amide bonds. The molecule has 318 valence electrons. The highest BCUT2D eigenvalue weighted by Gasteiger charge is 2.50. The maximum absolute atomic E-state index is 7.10. The predicted octanol–water partition coefficient (Wildman–Crippen LogP) is 14.6. The standard InChI is InChI=1S/C60H48N2O2Si2/c1-37-21-13-17-29-45(37)61(39-23-9-7-10-24-39)47-35-51-53(55-41-27-15-19-31-49(41)63-57(47)55)43-33-34-44-54-52(66(5,6)60(44)59(43)65(51,3)4)36-48(58-56(54)42-28-16-20-32-50(42)64-58)62(40-25-11-8-12-26-40)46-30-18-14-22-38(46)2/h7-36H,1-6H3. The molecule has 4 heterocycles. The molecule has 4 nitrogen and oxygen atoms in total. The summed E-state index contributed by atoms with van der Waals surface area (Å²) in [4.78, 5) is 4.87. The third-order valence-electron chi connectivity index (χ3n) is 14.8. The summed E-state index contributed by atoms with van der Waals surface area (Å²) in [5.74, 6) is 0. The average molecular weight is 885 g/mol. The first-order valence-electron chi connectivity index (χ1n) is 23.1. The molecule has 6 heteroatoms. The Bertz CT molecular complexity index is 3560. The minimum atomic E-state index is -2.46. The molecule has 2 aromatic heterocycles. The van der Waals surface area contributed by atoms with Crippen LogP contribution >= 0.6 is 0 Å². The average Bonchev–Trinajstić information content (AvgIpc) is 4.04. The molecule has 2 aliphatic heterocycles. The van der Waals surface area contributed by atoms with Crippen molar-refractivity contribution in [2.45, 2.75) is 40.0 Å². The van der Waals surface area contributed by atoms with E-state index in [1.54, 1.807) is 10.4 Å². The first-order chi connectivity index (χ1) is 32.1. The summed E-state index contributed by atoms with van der Waals surface area (Å²) in [7, 11) is -4.92. The van der Waals surface area contributed by atoms with Crippen molar-refractivity contribution in [1.29, 1.82) is 0 Å². The van der Waals surface area contributed by atoms with Crippen LogP contribution in [0.1, 0.15) is 11.1 Å². The molecule has 0 radical (unpaired) electrons. The summed E-state index contributed by atoms with van der Waals surface area (Å²) in [6.07, 6.45) is 0. The fourth-order valence-electron chi connectivity index (χ4n) is 11.8. The molecule has 0 fully saturated rings. The Balaban J connectivity index is 1.11. The maximum Gasteiger partial charge on any atom is 0.160 e.